The molecular formula is C30H58O6Si2. The minimum Gasteiger partial charge on any atom is -0.411 e. The normalized spacial score (nSPS) is 28.8. The predicted molar refractivity (Wildman–Crippen MR) is 161 cm³/mol. The first-order valence-electron chi connectivity index (χ1n) is 14.3. The zero-order chi connectivity index (χ0) is 29.5. The van der Waals surface area contributed by atoms with E-state index in [-0.39, 0.29) is 53.1 Å². The molecule has 6 nitrogen and oxygen atoms in total. The van der Waals surface area contributed by atoms with E-state index < -0.39 is 22.4 Å². The topological polar surface area (TPSA) is 66.4 Å². The molecule has 0 amide bonds. The number of aliphatic hydroxyl groups excluding tert-OH is 1. The fourth-order valence-electron chi connectivity index (χ4n) is 4.50. The van der Waals surface area contributed by atoms with Gasteiger partial charge in [-0.1, -0.05) is 61.6 Å². The van der Waals surface area contributed by atoms with Crippen LogP contribution in [0.4, 0.5) is 0 Å². The van der Waals surface area contributed by atoms with Crippen molar-refractivity contribution in [3.8, 4) is 0 Å². The summed E-state index contributed by atoms with van der Waals surface area (Å²) in [6.45, 7) is 38.1. The molecule has 0 unspecified atom stereocenters. The van der Waals surface area contributed by atoms with Crippen LogP contribution in [-0.2, 0) is 23.1 Å². The summed E-state index contributed by atoms with van der Waals surface area (Å²) in [5.74, 6) is -0.588. The van der Waals surface area contributed by atoms with Gasteiger partial charge >= 0.3 is 0 Å². The minimum absolute atomic E-state index is 0.00558. The van der Waals surface area contributed by atoms with Gasteiger partial charge in [-0.25, -0.2) is 0 Å². The molecule has 8 heteroatoms. The fourth-order valence-corrected chi connectivity index (χ4v) is 7.10. The second kappa shape index (κ2) is 11.9. The summed E-state index contributed by atoms with van der Waals surface area (Å²) < 4.78 is 33.4. The van der Waals surface area contributed by atoms with Gasteiger partial charge in [0.2, 0.25) is 0 Å². The van der Waals surface area contributed by atoms with E-state index in [0.29, 0.717) is 19.4 Å². The van der Waals surface area contributed by atoms with Crippen molar-refractivity contribution in [1.82, 2.24) is 0 Å². The van der Waals surface area contributed by atoms with Gasteiger partial charge in [0.1, 0.15) is 18.3 Å². The number of rotatable bonds is 10. The quantitative estimate of drug-likeness (QED) is 0.221. The summed E-state index contributed by atoms with van der Waals surface area (Å²) in [7, 11) is -4.38. The number of hydrogen-bond acceptors (Lipinski definition) is 6. The maximum absolute atomic E-state index is 9.74. The van der Waals surface area contributed by atoms with E-state index in [4.69, 9.17) is 23.1 Å². The van der Waals surface area contributed by atoms with Crippen molar-refractivity contribution in [3.63, 3.8) is 0 Å². The van der Waals surface area contributed by atoms with E-state index in [0.717, 1.165) is 11.1 Å². The van der Waals surface area contributed by atoms with Crippen molar-refractivity contribution in [2.24, 2.45) is 5.92 Å². The molecule has 0 radical (unpaired) electrons. The molecular weight excluding hydrogens is 512 g/mol. The van der Waals surface area contributed by atoms with Crippen LogP contribution in [0.5, 0.6) is 0 Å². The molecule has 0 aromatic rings. The van der Waals surface area contributed by atoms with Crippen molar-refractivity contribution in [1.29, 1.82) is 0 Å². The molecule has 2 aliphatic rings. The maximum Gasteiger partial charge on any atom is 0.193 e. The van der Waals surface area contributed by atoms with Crippen molar-refractivity contribution < 1.29 is 28.2 Å². The average Bonchev–Trinajstić information content (AvgIpc) is 3.09. The average molecular weight is 571 g/mol. The predicted octanol–water partition coefficient (Wildman–Crippen LogP) is 7.21. The molecule has 2 fully saturated rings. The molecule has 0 spiro atoms. The van der Waals surface area contributed by atoms with Crippen LogP contribution in [0, 0.1) is 5.92 Å². The Hall–Kier alpha value is -0.326. The highest BCUT2D eigenvalue weighted by molar-refractivity contribution is 6.74. The Balaban J connectivity index is 2.57. The van der Waals surface area contributed by atoms with E-state index in [1.807, 2.05) is 13.8 Å². The van der Waals surface area contributed by atoms with Crippen LogP contribution in [0.1, 0.15) is 75.2 Å². The molecule has 0 aromatic heterocycles. The Labute approximate surface area is 235 Å². The largest absolute Gasteiger partial charge is 0.411 e. The van der Waals surface area contributed by atoms with E-state index in [9.17, 15) is 5.11 Å². The highest BCUT2D eigenvalue weighted by atomic mass is 28.4. The summed E-state index contributed by atoms with van der Waals surface area (Å²) in [6.07, 6.45) is -0.254. The maximum atomic E-state index is 9.74. The standard InChI is InChI=1S/C30H58O6Si2/c1-20(16-17-31)22(3)26(36-38(14,15)29(7,8)9)27-23(35-37(12,13)28(4,5)6)18-21(2)25(33-27)24-19-32-30(10,11)34-24/h20,23-27,31H,2-3,16-19H2,1,4-15H3/t20-,23+,24+,25-,26-,27+/m1/s1. The van der Waals surface area contributed by atoms with Crippen LogP contribution >= 0.6 is 0 Å². The lowest BCUT2D eigenvalue weighted by atomic mass is 9.85. The third-order valence-corrected chi connectivity index (χ3v) is 18.2. The Kier molecular flexibility index (Phi) is 10.6. The smallest absolute Gasteiger partial charge is 0.193 e. The van der Waals surface area contributed by atoms with E-state index >= 15 is 0 Å². The lowest BCUT2D eigenvalue weighted by Crippen LogP contribution is -2.59. The summed E-state index contributed by atoms with van der Waals surface area (Å²) in [5, 5.41) is 9.78. The van der Waals surface area contributed by atoms with Crippen LogP contribution in [0.3, 0.4) is 0 Å². The summed E-state index contributed by atoms with van der Waals surface area (Å²) in [4.78, 5) is 0. The first-order valence-corrected chi connectivity index (χ1v) is 20.1. The first-order chi connectivity index (χ1) is 17.0. The highest BCUT2D eigenvalue weighted by Crippen LogP contribution is 2.45. The van der Waals surface area contributed by atoms with Crippen LogP contribution in [-0.4, -0.2) is 71.3 Å². The Bertz CT molecular complexity index is 839. The van der Waals surface area contributed by atoms with Gasteiger partial charge < -0.3 is 28.2 Å². The van der Waals surface area contributed by atoms with Crippen molar-refractivity contribution in [2.75, 3.05) is 13.2 Å². The Morgan fingerprint density at radius 3 is 2.08 bits per heavy atom. The summed E-state index contributed by atoms with van der Waals surface area (Å²) in [5.41, 5.74) is 1.92. The van der Waals surface area contributed by atoms with Crippen molar-refractivity contribution in [3.05, 3.63) is 24.3 Å². The molecule has 1 N–H and O–H groups in total. The van der Waals surface area contributed by atoms with E-state index in [2.05, 4.69) is 87.8 Å². The van der Waals surface area contributed by atoms with Gasteiger partial charge in [-0.15, -0.1) is 0 Å². The lowest BCUT2D eigenvalue weighted by Gasteiger charge is -2.50. The molecule has 0 aliphatic carbocycles. The minimum atomic E-state index is -2.23. The molecule has 6 atom stereocenters. The van der Waals surface area contributed by atoms with Crippen molar-refractivity contribution in [2.45, 2.75) is 148 Å². The molecule has 2 saturated heterocycles. The second-order valence-electron chi connectivity index (χ2n) is 15.0. The van der Waals surface area contributed by atoms with Gasteiger partial charge in [0.25, 0.3) is 0 Å². The van der Waals surface area contributed by atoms with Gasteiger partial charge in [-0.3, -0.25) is 0 Å². The molecule has 0 aromatic carbocycles. The fraction of sp³-hybridized carbons (Fsp3) is 0.867. The molecule has 0 saturated carbocycles. The lowest BCUT2D eigenvalue weighted by molar-refractivity contribution is -0.181. The number of hydrogen-bond donors (Lipinski definition) is 1. The van der Waals surface area contributed by atoms with Gasteiger partial charge in [-0.05, 0) is 80.0 Å². The van der Waals surface area contributed by atoms with Crippen LogP contribution in [0.15, 0.2) is 24.3 Å². The monoisotopic (exact) mass is 570 g/mol. The summed E-state index contributed by atoms with van der Waals surface area (Å²) >= 11 is 0. The first kappa shape index (κ1) is 33.9. The molecule has 0 bridgehead atoms. The molecule has 2 rings (SSSR count). The highest BCUT2D eigenvalue weighted by Gasteiger charge is 2.51. The second-order valence-corrected chi connectivity index (χ2v) is 24.5. The number of aliphatic hydroxyl groups is 1. The molecule has 222 valence electrons. The molecule has 2 aliphatic heterocycles. The summed E-state index contributed by atoms with van der Waals surface area (Å²) in [6, 6.07) is 0. The van der Waals surface area contributed by atoms with Crippen molar-refractivity contribution >= 4 is 16.6 Å². The van der Waals surface area contributed by atoms with Gasteiger partial charge in [0.15, 0.2) is 22.4 Å². The Morgan fingerprint density at radius 1 is 1.08 bits per heavy atom. The zero-order valence-electron chi connectivity index (χ0n) is 26.7. The number of ether oxygens (including phenoxy) is 3. The Morgan fingerprint density at radius 2 is 1.63 bits per heavy atom. The molecule has 38 heavy (non-hydrogen) atoms. The van der Waals surface area contributed by atoms with Crippen LogP contribution in [0.2, 0.25) is 36.3 Å². The van der Waals surface area contributed by atoms with E-state index in [1.54, 1.807) is 0 Å². The molecule has 2 heterocycles. The van der Waals surface area contributed by atoms with Gasteiger partial charge in [0.05, 0.1) is 18.8 Å². The zero-order valence-corrected chi connectivity index (χ0v) is 28.7. The SMILES string of the molecule is C=C([C@H](C)CCO)[C@@H](O[Si](C)(C)C(C)(C)C)[C@H]1O[C@@H]([C@@H]2COC(C)(C)O2)C(=C)C[C@@H]1O[Si](C)(C)C(C)(C)C. The van der Waals surface area contributed by atoms with Crippen LogP contribution in [0.25, 0.3) is 0 Å². The third kappa shape index (κ3) is 7.90. The third-order valence-electron chi connectivity index (χ3n) is 9.24. The van der Waals surface area contributed by atoms with E-state index in [1.165, 1.54) is 0 Å². The van der Waals surface area contributed by atoms with Crippen LogP contribution < -0.4 is 0 Å². The van der Waals surface area contributed by atoms with Gasteiger partial charge in [0, 0.05) is 6.61 Å². The van der Waals surface area contributed by atoms with Gasteiger partial charge in [-0.2, -0.15) is 0 Å².